The van der Waals surface area contributed by atoms with Crippen molar-refractivity contribution in [2.45, 2.75) is 32.5 Å². The van der Waals surface area contributed by atoms with Gasteiger partial charge in [-0.1, -0.05) is 0 Å². The predicted molar refractivity (Wildman–Crippen MR) is 133 cm³/mol. The summed E-state index contributed by atoms with van der Waals surface area (Å²) in [5.41, 5.74) is 18.0. The third kappa shape index (κ3) is 4.91. The number of aryl methyl sites for hydroxylation is 2. The highest BCUT2D eigenvalue weighted by molar-refractivity contribution is 5.69. The number of ether oxygens (including phenoxy) is 4. The maximum atomic E-state index is 6.43. The zero-order chi connectivity index (χ0) is 23.5. The van der Waals surface area contributed by atoms with Gasteiger partial charge < -0.3 is 40.2 Å². The van der Waals surface area contributed by atoms with Crippen LogP contribution >= 0.6 is 0 Å². The first-order valence-electron chi connectivity index (χ1n) is 11.5. The second-order valence-corrected chi connectivity index (χ2v) is 8.85. The molecule has 180 valence electrons. The zero-order valence-electron chi connectivity index (χ0n) is 20.1. The fourth-order valence-corrected chi connectivity index (χ4v) is 4.56. The lowest BCUT2D eigenvalue weighted by molar-refractivity contribution is -0.00242. The molecule has 2 aliphatic rings. The SMILES string of the molecule is COCCN1CC(C(CCN2CCOc3cc(N)c(C)cc32)OC)Oc2cc(N)c(C)cc21. The van der Waals surface area contributed by atoms with E-state index in [2.05, 4.69) is 21.9 Å². The second-order valence-electron chi connectivity index (χ2n) is 8.85. The van der Waals surface area contributed by atoms with Crippen LogP contribution in [-0.4, -0.2) is 65.8 Å². The summed E-state index contributed by atoms with van der Waals surface area (Å²) in [7, 11) is 3.48. The Morgan fingerprint density at radius 2 is 1.64 bits per heavy atom. The largest absolute Gasteiger partial charge is 0.489 e. The minimum Gasteiger partial charge on any atom is -0.489 e. The summed E-state index contributed by atoms with van der Waals surface area (Å²) in [5.74, 6) is 1.65. The second kappa shape index (κ2) is 9.97. The van der Waals surface area contributed by atoms with Crippen molar-refractivity contribution in [1.29, 1.82) is 0 Å². The molecule has 0 aromatic heterocycles. The molecule has 4 rings (SSSR count). The van der Waals surface area contributed by atoms with Gasteiger partial charge in [-0.25, -0.2) is 0 Å². The van der Waals surface area contributed by atoms with Crippen molar-refractivity contribution >= 4 is 22.7 Å². The number of fused-ring (bicyclic) bond motifs is 2. The van der Waals surface area contributed by atoms with E-state index in [1.807, 2.05) is 26.0 Å². The predicted octanol–water partition coefficient (Wildman–Crippen LogP) is 2.99. The number of hydrogen-bond acceptors (Lipinski definition) is 8. The van der Waals surface area contributed by atoms with Crippen molar-refractivity contribution < 1.29 is 18.9 Å². The maximum Gasteiger partial charge on any atom is 0.145 e. The monoisotopic (exact) mass is 456 g/mol. The van der Waals surface area contributed by atoms with Gasteiger partial charge in [0.2, 0.25) is 0 Å². The third-order valence-electron chi connectivity index (χ3n) is 6.64. The number of nitrogens with zero attached hydrogens (tertiary/aromatic N) is 2. The van der Waals surface area contributed by atoms with Gasteiger partial charge in [-0.15, -0.1) is 0 Å². The Morgan fingerprint density at radius 3 is 2.30 bits per heavy atom. The van der Waals surface area contributed by atoms with E-state index in [1.54, 1.807) is 14.2 Å². The Morgan fingerprint density at radius 1 is 0.970 bits per heavy atom. The molecule has 0 bridgehead atoms. The number of benzene rings is 2. The van der Waals surface area contributed by atoms with E-state index in [4.69, 9.17) is 30.4 Å². The average Bonchev–Trinajstić information content (AvgIpc) is 2.80. The number of anilines is 4. The average molecular weight is 457 g/mol. The minimum atomic E-state index is -0.116. The molecule has 0 radical (unpaired) electrons. The number of nitrogens with two attached hydrogens (primary N) is 2. The molecule has 2 atom stereocenters. The lowest BCUT2D eigenvalue weighted by Gasteiger charge is -2.40. The summed E-state index contributed by atoms with van der Waals surface area (Å²) >= 11 is 0. The molecule has 2 heterocycles. The topological polar surface area (TPSA) is 95.4 Å². The smallest absolute Gasteiger partial charge is 0.145 e. The summed E-state index contributed by atoms with van der Waals surface area (Å²) in [4.78, 5) is 4.65. The van der Waals surface area contributed by atoms with Crippen LogP contribution in [0, 0.1) is 13.8 Å². The van der Waals surface area contributed by atoms with Gasteiger partial charge in [0.1, 0.15) is 24.2 Å². The van der Waals surface area contributed by atoms with Crippen LogP contribution in [0.1, 0.15) is 17.5 Å². The molecular weight excluding hydrogens is 420 g/mol. The highest BCUT2D eigenvalue weighted by Crippen LogP contribution is 2.39. The van der Waals surface area contributed by atoms with E-state index >= 15 is 0 Å². The number of rotatable bonds is 8. The Kier molecular flexibility index (Phi) is 7.05. The number of methoxy groups -OCH3 is 2. The molecule has 0 saturated heterocycles. The molecule has 0 spiro atoms. The normalized spacial score (nSPS) is 18.2. The van der Waals surface area contributed by atoms with Crippen molar-refractivity contribution in [1.82, 2.24) is 0 Å². The molecule has 8 nitrogen and oxygen atoms in total. The van der Waals surface area contributed by atoms with Gasteiger partial charge >= 0.3 is 0 Å². The molecule has 33 heavy (non-hydrogen) atoms. The summed E-state index contributed by atoms with van der Waals surface area (Å²) in [6.45, 7) is 8.49. The first-order chi connectivity index (χ1) is 15.9. The Balaban J connectivity index is 1.50. The van der Waals surface area contributed by atoms with Gasteiger partial charge in [0.25, 0.3) is 0 Å². The standard InChI is InChI=1S/C25H36N4O4/c1-16-11-20-23(13-18(16)26)32-10-8-28(20)6-5-22(31-4)25-15-29(7-9-30-3)21-12-17(2)19(27)14-24(21)33-25/h11-14,22,25H,5-10,15,26-27H2,1-4H3. The molecular formula is C25H36N4O4. The molecule has 2 aromatic carbocycles. The van der Waals surface area contributed by atoms with Crippen LogP contribution < -0.4 is 30.7 Å². The molecule has 4 N–H and O–H groups in total. The molecule has 2 aromatic rings. The van der Waals surface area contributed by atoms with E-state index in [9.17, 15) is 0 Å². The van der Waals surface area contributed by atoms with Gasteiger partial charge in [-0.05, 0) is 43.5 Å². The number of nitrogen functional groups attached to an aromatic ring is 2. The van der Waals surface area contributed by atoms with Gasteiger partial charge in [0.05, 0.1) is 37.2 Å². The first kappa shape index (κ1) is 23.3. The summed E-state index contributed by atoms with van der Waals surface area (Å²) in [5, 5.41) is 0. The fourth-order valence-electron chi connectivity index (χ4n) is 4.56. The molecule has 2 unspecified atom stereocenters. The Labute approximate surface area is 196 Å². The zero-order valence-corrected chi connectivity index (χ0v) is 20.1. The van der Waals surface area contributed by atoms with Crippen molar-refractivity contribution in [2.24, 2.45) is 0 Å². The third-order valence-corrected chi connectivity index (χ3v) is 6.64. The number of hydrogen-bond donors (Lipinski definition) is 2. The van der Waals surface area contributed by atoms with Crippen LogP contribution in [0.3, 0.4) is 0 Å². The molecule has 0 aliphatic carbocycles. The molecule has 0 amide bonds. The lowest BCUT2D eigenvalue weighted by atomic mass is 10.0. The molecule has 0 saturated carbocycles. The summed E-state index contributed by atoms with van der Waals surface area (Å²) in [6.07, 6.45) is 0.626. The van der Waals surface area contributed by atoms with Gasteiger partial charge in [-0.3, -0.25) is 0 Å². The first-order valence-corrected chi connectivity index (χ1v) is 11.5. The van der Waals surface area contributed by atoms with Crippen LogP contribution in [0.2, 0.25) is 0 Å². The van der Waals surface area contributed by atoms with E-state index in [0.717, 1.165) is 78.0 Å². The van der Waals surface area contributed by atoms with Crippen LogP contribution in [0.5, 0.6) is 11.5 Å². The van der Waals surface area contributed by atoms with Crippen molar-refractivity contribution in [3.63, 3.8) is 0 Å². The van der Waals surface area contributed by atoms with Gasteiger partial charge in [-0.2, -0.15) is 0 Å². The minimum absolute atomic E-state index is 0.0769. The fraction of sp³-hybridized carbons (Fsp3) is 0.520. The van der Waals surface area contributed by atoms with Crippen LogP contribution in [0.4, 0.5) is 22.7 Å². The van der Waals surface area contributed by atoms with Gasteiger partial charge in [0, 0.05) is 50.8 Å². The van der Waals surface area contributed by atoms with Crippen LogP contribution in [0.15, 0.2) is 24.3 Å². The van der Waals surface area contributed by atoms with Crippen molar-refractivity contribution in [3.8, 4) is 11.5 Å². The molecule has 2 aliphatic heterocycles. The Bertz CT molecular complexity index is 983. The van der Waals surface area contributed by atoms with Crippen molar-refractivity contribution in [2.75, 3.05) is 74.9 Å². The highest BCUT2D eigenvalue weighted by Gasteiger charge is 2.33. The van der Waals surface area contributed by atoms with Crippen molar-refractivity contribution in [3.05, 3.63) is 35.4 Å². The summed E-state index contributed by atoms with van der Waals surface area (Å²) < 4.78 is 23.6. The van der Waals surface area contributed by atoms with E-state index in [0.29, 0.717) is 13.2 Å². The quantitative estimate of drug-likeness (QED) is 0.586. The lowest BCUT2D eigenvalue weighted by Crippen LogP contribution is -2.49. The molecule has 0 fully saturated rings. The van der Waals surface area contributed by atoms with Crippen LogP contribution in [-0.2, 0) is 9.47 Å². The molecule has 8 heteroatoms. The summed E-state index contributed by atoms with van der Waals surface area (Å²) in [6, 6.07) is 8.05. The van der Waals surface area contributed by atoms with E-state index < -0.39 is 0 Å². The van der Waals surface area contributed by atoms with Crippen LogP contribution in [0.25, 0.3) is 0 Å². The Hall–Kier alpha value is -2.84. The maximum absolute atomic E-state index is 6.43. The van der Waals surface area contributed by atoms with E-state index in [1.165, 1.54) is 0 Å². The van der Waals surface area contributed by atoms with Gasteiger partial charge in [0.15, 0.2) is 0 Å². The van der Waals surface area contributed by atoms with E-state index in [-0.39, 0.29) is 12.2 Å². The highest BCUT2D eigenvalue weighted by atomic mass is 16.5.